The zero-order valence-electron chi connectivity index (χ0n) is 13.4. The summed E-state index contributed by atoms with van der Waals surface area (Å²) in [5.74, 6) is 1.49. The molecule has 0 fully saturated rings. The molecular weight excluding hydrogens is 264 g/mol. The third-order valence-electron chi connectivity index (χ3n) is 3.01. The van der Waals surface area contributed by atoms with Crippen LogP contribution in [0.5, 0.6) is 11.5 Å². The van der Waals surface area contributed by atoms with Crippen molar-refractivity contribution in [3.05, 3.63) is 36.4 Å². The Morgan fingerprint density at radius 1 is 1.29 bits per heavy atom. The van der Waals surface area contributed by atoms with Crippen LogP contribution in [-0.4, -0.2) is 20.3 Å². The fourth-order valence-electron chi connectivity index (χ4n) is 1.79. The molecule has 2 aromatic rings. The molecule has 5 heteroatoms. The molecule has 0 bridgehead atoms. The van der Waals surface area contributed by atoms with Crippen LogP contribution in [0.2, 0.25) is 0 Å². The Morgan fingerprint density at radius 2 is 2.05 bits per heavy atom. The second-order valence-corrected chi connectivity index (χ2v) is 6.44. The van der Waals surface area contributed by atoms with Gasteiger partial charge in [-0.3, -0.25) is 9.67 Å². The molecule has 0 aromatic carbocycles. The van der Waals surface area contributed by atoms with Crippen LogP contribution in [0.25, 0.3) is 0 Å². The first kappa shape index (κ1) is 15.5. The summed E-state index contributed by atoms with van der Waals surface area (Å²) in [6.45, 7) is 11.3. The molecule has 0 aliphatic carbocycles. The molecule has 0 aliphatic heterocycles. The van der Waals surface area contributed by atoms with Gasteiger partial charge in [-0.2, -0.15) is 5.10 Å². The fraction of sp³-hybridized carbons (Fsp3) is 0.500. The molecule has 0 radical (unpaired) electrons. The van der Waals surface area contributed by atoms with E-state index in [1.54, 1.807) is 18.6 Å². The predicted octanol–water partition coefficient (Wildman–Crippen LogP) is 3.54. The summed E-state index contributed by atoms with van der Waals surface area (Å²) < 4.78 is 7.79. The van der Waals surface area contributed by atoms with Crippen LogP contribution in [-0.2, 0) is 6.54 Å². The average Bonchev–Trinajstić information content (AvgIpc) is 2.85. The molecule has 1 N–H and O–H groups in total. The van der Waals surface area contributed by atoms with E-state index in [2.05, 4.69) is 50.0 Å². The molecule has 21 heavy (non-hydrogen) atoms. The summed E-state index contributed by atoms with van der Waals surface area (Å²) in [4.78, 5) is 4.15. The van der Waals surface area contributed by atoms with E-state index in [0.29, 0.717) is 6.04 Å². The molecule has 2 heterocycles. The Kier molecular flexibility index (Phi) is 4.63. The normalized spacial score (nSPS) is 11.9. The van der Waals surface area contributed by atoms with Crippen LogP contribution >= 0.6 is 0 Å². The minimum Gasteiger partial charge on any atom is -0.452 e. The zero-order chi connectivity index (χ0) is 15.5. The molecule has 0 saturated heterocycles. The van der Waals surface area contributed by atoms with Gasteiger partial charge in [0.15, 0.2) is 5.75 Å². The predicted molar refractivity (Wildman–Crippen MR) is 83.5 cm³/mol. The van der Waals surface area contributed by atoms with Gasteiger partial charge in [0.05, 0.1) is 18.6 Å². The van der Waals surface area contributed by atoms with Crippen molar-refractivity contribution in [3.63, 3.8) is 0 Å². The second kappa shape index (κ2) is 6.26. The number of nitrogens with one attached hydrogen (secondary N) is 1. The maximum absolute atomic E-state index is 5.92. The number of nitrogens with zero attached hydrogens (tertiary/aromatic N) is 3. The van der Waals surface area contributed by atoms with E-state index in [1.807, 2.05) is 16.9 Å². The average molecular weight is 288 g/mol. The van der Waals surface area contributed by atoms with Gasteiger partial charge in [0.2, 0.25) is 0 Å². The SMILES string of the molecule is CC(C)n1cc(Oc2cnccc2CNC(C)(C)C)cn1. The van der Waals surface area contributed by atoms with Crippen LogP contribution < -0.4 is 10.1 Å². The van der Waals surface area contributed by atoms with Crippen molar-refractivity contribution in [2.75, 3.05) is 0 Å². The first-order chi connectivity index (χ1) is 9.85. The smallest absolute Gasteiger partial charge is 0.165 e. The Morgan fingerprint density at radius 3 is 2.67 bits per heavy atom. The van der Waals surface area contributed by atoms with Gasteiger partial charge in [-0.05, 0) is 40.7 Å². The van der Waals surface area contributed by atoms with Crippen molar-refractivity contribution >= 4 is 0 Å². The summed E-state index contributed by atoms with van der Waals surface area (Å²) in [7, 11) is 0. The molecule has 2 aromatic heterocycles. The third kappa shape index (κ3) is 4.56. The Balaban J connectivity index is 2.12. The van der Waals surface area contributed by atoms with Gasteiger partial charge in [-0.15, -0.1) is 0 Å². The Bertz CT molecular complexity index is 584. The number of aromatic nitrogens is 3. The van der Waals surface area contributed by atoms with Crippen LogP contribution in [0.15, 0.2) is 30.9 Å². The van der Waals surface area contributed by atoms with Gasteiger partial charge in [-0.25, -0.2) is 0 Å². The number of rotatable bonds is 5. The highest BCUT2D eigenvalue weighted by Gasteiger charge is 2.12. The van der Waals surface area contributed by atoms with Crippen LogP contribution in [0.4, 0.5) is 0 Å². The maximum atomic E-state index is 5.92. The van der Waals surface area contributed by atoms with Crippen LogP contribution in [0.3, 0.4) is 0 Å². The van der Waals surface area contributed by atoms with Crippen molar-refractivity contribution in [3.8, 4) is 11.5 Å². The highest BCUT2D eigenvalue weighted by atomic mass is 16.5. The van der Waals surface area contributed by atoms with E-state index in [1.165, 1.54) is 0 Å². The van der Waals surface area contributed by atoms with Gasteiger partial charge in [0, 0.05) is 29.9 Å². The molecular formula is C16H24N4O. The molecule has 0 unspecified atom stereocenters. The van der Waals surface area contributed by atoms with Gasteiger partial charge in [0.25, 0.3) is 0 Å². The lowest BCUT2D eigenvalue weighted by molar-refractivity contribution is 0.413. The van der Waals surface area contributed by atoms with Crippen molar-refractivity contribution in [1.82, 2.24) is 20.1 Å². The first-order valence-corrected chi connectivity index (χ1v) is 7.25. The van der Waals surface area contributed by atoms with Crippen molar-refractivity contribution in [2.45, 2.75) is 52.7 Å². The lowest BCUT2D eigenvalue weighted by Crippen LogP contribution is -2.35. The van der Waals surface area contributed by atoms with E-state index in [-0.39, 0.29) is 5.54 Å². The summed E-state index contributed by atoms with van der Waals surface area (Å²) in [5.41, 5.74) is 1.14. The van der Waals surface area contributed by atoms with E-state index >= 15 is 0 Å². The molecule has 0 saturated carbocycles. The van der Waals surface area contributed by atoms with E-state index in [0.717, 1.165) is 23.6 Å². The highest BCUT2D eigenvalue weighted by Crippen LogP contribution is 2.25. The molecule has 0 aliphatic rings. The second-order valence-electron chi connectivity index (χ2n) is 6.44. The van der Waals surface area contributed by atoms with Crippen molar-refractivity contribution < 1.29 is 4.74 Å². The van der Waals surface area contributed by atoms with Crippen LogP contribution in [0.1, 0.15) is 46.2 Å². The Labute approximate surface area is 126 Å². The molecule has 5 nitrogen and oxygen atoms in total. The van der Waals surface area contributed by atoms with Gasteiger partial charge in [-0.1, -0.05) is 0 Å². The van der Waals surface area contributed by atoms with E-state index in [4.69, 9.17) is 4.74 Å². The fourth-order valence-corrected chi connectivity index (χ4v) is 1.79. The van der Waals surface area contributed by atoms with Gasteiger partial charge < -0.3 is 10.1 Å². The van der Waals surface area contributed by atoms with E-state index in [9.17, 15) is 0 Å². The minimum atomic E-state index is 0.0586. The van der Waals surface area contributed by atoms with Crippen LogP contribution in [0, 0.1) is 0 Å². The third-order valence-corrected chi connectivity index (χ3v) is 3.01. The monoisotopic (exact) mass is 288 g/mol. The lowest BCUT2D eigenvalue weighted by atomic mass is 10.1. The lowest BCUT2D eigenvalue weighted by Gasteiger charge is -2.21. The zero-order valence-corrected chi connectivity index (χ0v) is 13.4. The quantitative estimate of drug-likeness (QED) is 0.914. The molecule has 0 spiro atoms. The van der Waals surface area contributed by atoms with Gasteiger partial charge >= 0.3 is 0 Å². The summed E-state index contributed by atoms with van der Waals surface area (Å²) in [5, 5.41) is 7.74. The highest BCUT2D eigenvalue weighted by molar-refractivity contribution is 5.34. The number of pyridine rings is 1. The summed E-state index contributed by atoms with van der Waals surface area (Å²) in [6.07, 6.45) is 7.16. The summed E-state index contributed by atoms with van der Waals surface area (Å²) >= 11 is 0. The topological polar surface area (TPSA) is 52.0 Å². The molecule has 114 valence electrons. The first-order valence-electron chi connectivity index (χ1n) is 7.25. The number of ether oxygens (including phenoxy) is 1. The number of hydrogen-bond acceptors (Lipinski definition) is 4. The number of hydrogen-bond donors (Lipinski definition) is 1. The molecule has 0 atom stereocenters. The molecule has 2 rings (SSSR count). The summed E-state index contributed by atoms with van der Waals surface area (Å²) in [6, 6.07) is 2.29. The van der Waals surface area contributed by atoms with Crippen molar-refractivity contribution in [1.29, 1.82) is 0 Å². The standard InChI is InChI=1S/C16H24N4O/c1-12(2)20-11-14(9-19-20)21-15-10-17-7-6-13(15)8-18-16(3,4)5/h6-7,9-12,18H,8H2,1-5H3. The largest absolute Gasteiger partial charge is 0.452 e. The van der Waals surface area contributed by atoms with Gasteiger partial charge in [0.1, 0.15) is 5.75 Å². The van der Waals surface area contributed by atoms with Crippen molar-refractivity contribution in [2.24, 2.45) is 0 Å². The molecule has 0 amide bonds. The minimum absolute atomic E-state index is 0.0586. The Hall–Kier alpha value is -1.88. The maximum Gasteiger partial charge on any atom is 0.165 e. The van der Waals surface area contributed by atoms with E-state index < -0.39 is 0 Å².